The van der Waals surface area contributed by atoms with Crippen molar-refractivity contribution in [3.05, 3.63) is 21.4 Å². The van der Waals surface area contributed by atoms with Crippen LogP contribution in [0, 0.1) is 0 Å². The van der Waals surface area contributed by atoms with Gasteiger partial charge in [0.05, 0.1) is 11.5 Å². The lowest BCUT2D eigenvalue weighted by atomic mass is 9.99. The first kappa shape index (κ1) is 17.0. The van der Waals surface area contributed by atoms with Crippen LogP contribution in [-0.4, -0.2) is 31.1 Å². The molecule has 0 radical (unpaired) electrons. The molecule has 1 aromatic rings. The first-order chi connectivity index (χ1) is 10.5. The van der Waals surface area contributed by atoms with Gasteiger partial charge in [0.15, 0.2) is 0 Å². The van der Waals surface area contributed by atoms with Crippen molar-refractivity contribution in [1.82, 2.24) is 5.32 Å². The number of primary amides is 1. The summed E-state index contributed by atoms with van der Waals surface area (Å²) in [5.74, 6) is -0.854. The van der Waals surface area contributed by atoms with Crippen LogP contribution in [0.15, 0.2) is 6.07 Å². The number of nitrogens with two attached hydrogens (primary N) is 1. The number of nitrogens with one attached hydrogen (secondary N) is 1. The van der Waals surface area contributed by atoms with Crippen molar-refractivity contribution in [3.8, 4) is 0 Å². The maximum atomic E-state index is 12.5. The molecule has 0 aliphatic heterocycles. The monoisotopic (exact) mass is 324 g/mol. The van der Waals surface area contributed by atoms with Gasteiger partial charge in [0.25, 0.3) is 5.91 Å². The zero-order valence-electron chi connectivity index (χ0n) is 13.2. The molecule has 0 saturated heterocycles. The van der Waals surface area contributed by atoms with Crippen LogP contribution < -0.4 is 11.1 Å². The quantitative estimate of drug-likeness (QED) is 0.869. The van der Waals surface area contributed by atoms with Gasteiger partial charge >= 0.3 is 0 Å². The highest BCUT2D eigenvalue weighted by Gasteiger charge is 2.33. The molecule has 1 heterocycles. The normalized spacial score (nSPS) is 17.7. The molecule has 1 aromatic heterocycles. The van der Waals surface area contributed by atoms with Crippen LogP contribution in [0.3, 0.4) is 0 Å². The van der Waals surface area contributed by atoms with E-state index in [1.807, 2.05) is 6.07 Å². The van der Waals surface area contributed by atoms with Gasteiger partial charge in [-0.15, -0.1) is 11.3 Å². The molecular weight excluding hydrogens is 300 g/mol. The first-order valence-corrected chi connectivity index (χ1v) is 8.51. The molecule has 0 saturated carbocycles. The Morgan fingerprint density at radius 1 is 1.32 bits per heavy atom. The number of hydrogen-bond acceptors (Lipinski definition) is 4. The predicted molar refractivity (Wildman–Crippen MR) is 87.1 cm³/mol. The minimum atomic E-state index is -1.19. The lowest BCUT2D eigenvalue weighted by Crippen LogP contribution is -2.58. The number of amides is 2. The molecular formula is C16H24N2O3S. The molecule has 1 aliphatic carbocycles. The molecule has 22 heavy (non-hydrogen) atoms. The summed E-state index contributed by atoms with van der Waals surface area (Å²) in [6.07, 6.45) is 6.93. The molecule has 3 N–H and O–H groups in total. The topological polar surface area (TPSA) is 81.4 Å². The minimum Gasteiger partial charge on any atom is -0.382 e. The van der Waals surface area contributed by atoms with Crippen LogP contribution in [-0.2, 0) is 22.4 Å². The number of ether oxygens (including phenoxy) is 1. The maximum Gasteiger partial charge on any atom is 0.262 e. The van der Waals surface area contributed by atoms with Crippen LogP contribution in [0.2, 0.25) is 0 Å². The summed E-state index contributed by atoms with van der Waals surface area (Å²) in [7, 11) is 1.48. The van der Waals surface area contributed by atoms with Gasteiger partial charge in [-0.3, -0.25) is 9.59 Å². The largest absolute Gasteiger partial charge is 0.382 e. The molecule has 2 amide bonds. The summed E-state index contributed by atoms with van der Waals surface area (Å²) >= 11 is 1.53. The van der Waals surface area contributed by atoms with E-state index < -0.39 is 11.4 Å². The van der Waals surface area contributed by atoms with Gasteiger partial charge in [0.2, 0.25) is 5.91 Å². The first-order valence-electron chi connectivity index (χ1n) is 7.69. The minimum absolute atomic E-state index is 0.0547. The molecule has 6 heteroatoms. The number of fused-ring (bicyclic) bond motifs is 1. The second kappa shape index (κ2) is 7.24. The van der Waals surface area contributed by atoms with Crippen molar-refractivity contribution < 1.29 is 14.3 Å². The van der Waals surface area contributed by atoms with Gasteiger partial charge < -0.3 is 15.8 Å². The van der Waals surface area contributed by atoms with Crippen LogP contribution in [0.25, 0.3) is 0 Å². The van der Waals surface area contributed by atoms with Crippen LogP contribution in [0.5, 0.6) is 0 Å². The van der Waals surface area contributed by atoms with Gasteiger partial charge in [-0.25, -0.2) is 0 Å². The van der Waals surface area contributed by atoms with Crippen molar-refractivity contribution in [3.63, 3.8) is 0 Å². The van der Waals surface area contributed by atoms with Crippen LogP contribution in [0.4, 0.5) is 0 Å². The summed E-state index contributed by atoms with van der Waals surface area (Å²) in [4.78, 5) is 26.0. The van der Waals surface area contributed by atoms with Crippen LogP contribution >= 0.6 is 11.3 Å². The Labute approximate surface area is 135 Å². The summed E-state index contributed by atoms with van der Waals surface area (Å²) in [6, 6.07) is 1.97. The zero-order valence-corrected chi connectivity index (χ0v) is 14.1. The second-order valence-electron chi connectivity index (χ2n) is 6.06. The Bertz CT molecular complexity index is 530. The molecule has 1 atom stereocenters. The third-order valence-electron chi connectivity index (χ3n) is 4.09. The Morgan fingerprint density at radius 2 is 2.00 bits per heavy atom. The lowest BCUT2D eigenvalue weighted by molar-refractivity contribution is -0.125. The number of aryl methyl sites for hydroxylation is 2. The molecule has 0 spiro atoms. The summed E-state index contributed by atoms with van der Waals surface area (Å²) in [5.41, 5.74) is 5.48. The smallest absolute Gasteiger partial charge is 0.262 e. The highest BCUT2D eigenvalue weighted by atomic mass is 32.1. The fraction of sp³-hybridized carbons (Fsp3) is 0.625. The third-order valence-corrected chi connectivity index (χ3v) is 5.32. The summed E-state index contributed by atoms with van der Waals surface area (Å²) in [6.45, 7) is 1.64. The molecule has 0 aromatic carbocycles. The van der Waals surface area contributed by atoms with E-state index in [1.54, 1.807) is 6.92 Å². The molecule has 122 valence electrons. The zero-order chi connectivity index (χ0) is 16.2. The van der Waals surface area contributed by atoms with Crippen molar-refractivity contribution in [2.45, 2.75) is 51.0 Å². The van der Waals surface area contributed by atoms with E-state index in [0.29, 0.717) is 4.88 Å². The van der Waals surface area contributed by atoms with Crippen molar-refractivity contribution in [2.24, 2.45) is 5.73 Å². The van der Waals surface area contributed by atoms with E-state index in [4.69, 9.17) is 10.5 Å². The number of hydrogen-bond donors (Lipinski definition) is 2. The number of methoxy groups -OCH3 is 1. The predicted octanol–water partition coefficient (Wildman–Crippen LogP) is 2.03. The third kappa shape index (κ3) is 3.87. The molecule has 2 rings (SSSR count). The summed E-state index contributed by atoms with van der Waals surface area (Å²) < 4.78 is 5.01. The lowest BCUT2D eigenvalue weighted by Gasteiger charge is -2.26. The SMILES string of the molecule is COC[C@@](C)(NC(=O)c1cc2c(s1)CCCCCC2)C(N)=O. The van der Waals surface area contributed by atoms with Crippen molar-refractivity contribution in [2.75, 3.05) is 13.7 Å². The second-order valence-corrected chi connectivity index (χ2v) is 7.19. The highest BCUT2D eigenvalue weighted by molar-refractivity contribution is 7.14. The summed E-state index contributed by atoms with van der Waals surface area (Å²) in [5, 5.41) is 2.72. The van der Waals surface area contributed by atoms with Gasteiger partial charge in [-0.1, -0.05) is 12.8 Å². The molecule has 0 unspecified atom stereocenters. The number of rotatable bonds is 5. The van der Waals surface area contributed by atoms with E-state index in [0.717, 1.165) is 12.8 Å². The van der Waals surface area contributed by atoms with E-state index >= 15 is 0 Å². The average molecular weight is 324 g/mol. The van der Waals surface area contributed by atoms with E-state index in [-0.39, 0.29) is 12.5 Å². The molecule has 0 fully saturated rings. The van der Waals surface area contributed by atoms with Crippen molar-refractivity contribution in [1.29, 1.82) is 0 Å². The Hall–Kier alpha value is -1.40. The maximum absolute atomic E-state index is 12.5. The van der Waals surface area contributed by atoms with Gasteiger partial charge in [-0.2, -0.15) is 0 Å². The van der Waals surface area contributed by atoms with Crippen molar-refractivity contribution >= 4 is 23.2 Å². The number of thiophene rings is 1. The molecule has 0 bridgehead atoms. The number of carbonyl (C=O) groups is 2. The van der Waals surface area contributed by atoms with Gasteiger partial charge in [-0.05, 0) is 44.2 Å². The molecule has 1 aliphatic rings. The Kier molecular flexibility index (Phi) is 5.58. The van der Waals surface area contributed by atoms with E-state index in [9.17, 15) is 9.59 Å². The van der Waals surface area contributed by atoms with E-state index in [2.05, 4.69) is 5.32 Å². The van der Waals surface area contributed by atoms with Crippen LogP contribution in [0.1, 0.15) is 52.7 Å². The number of carbonyl (C=O) groups excluding carboxylic acids is 2. The molecule has 5 nitrogen and oxygen atoms in total. The Morgan fingerprint density at radius 3 is 2.64 bits per heavy atom. The Balaban J connectivity index is 2.15. The van der Waals surface area contributed by atoms with Gasteiger partial charge in [0.1, 0.15) is 5.54 Å². The van der Waals surface area contributed by atoms with Gasteiger partial charge in [0, 0.05) is 12.0 Å². The average Bonchev–Trinajstić information content (AvgIpc) is 2.81. The standard InChI is InChI=1S/C16H24N2O3S/c1-16(10-21-2,15(17)20)18-14(19)13-9-11-7-5-3-4-6-8-12(11)22-13/h9H,3-8,10H2,1-2H3,(H2,17,20)(H,18,19)/t16-/m1/s1. The highest BCUT2D eigenvalue weighted by Crippen LogP contribution is 2.28. The fourth-order valence-electron chi connectivity index (χ4n) is 2.73. The van der Waals surface area contributed by atoms with E-state index in [1.165, 1.54) is 54.6 Å². The fourth-order valence-corrected chi connectivity index (χ4v) is 3.87.